The second-order valence-electron chi connectivity index (χ2n) is 4.46. The van der Waals surface area contributed by atoms with Crippen molar-refractivity contribution in [3.05, 3.63) is 11.7 Å². The maximum Gasteiger partial charge on any atom is 0.303 e. The highest BCUT2D eigenvalue weighted by molar-refractivity contribution is 5.66. The maximum absolute atomic E-state index is 10.4. The summed E-state index contributed by atoms with van der Waals surface area (Å²) >= 11 is 0. The van der Waals surface area contributed by atoms with Crippen LogP contribution < -0.4 is 5.32 Å². The highest BCUT2D eigenvalue weighted by atomic mass is 16.5. The Morgan fingerprint density at radius 2 is 2.28 bits per heavy atom. The molecule has 0 fully saturated rings. The molecule has 102 valence electrons. The van der Waals surface area contributed by atoms with Gasteiger partial charge in [0.25, 0.3) is 0 Å². The quantitative estimate of drug-likeness (QED) is 0.652. The van der Waals surface area contributed by atoms with Crippen molar-refractivity contribution in [1.29, 1.82) is 0 Å². The normalized spacial score (nSPS) is 12.6. The molecular formula is C12H21N3O3. The van der Waals surface area contributed by atoms with E-state index in [1.54, 1.807) is 0 Å². The Labute approximate surface area is 107 Å². The number of carbonyl (C=O) groups is 1. The molecule has 0 saturated heterocycles. The van der Waals surface area contributed by atoms with Crippen LogP contribution in [-0.4, -0.2) is 27.8 Å². The Hall–Kier alpha value is -1.43. The number of rotatable bonds is 9. The van der Waals surface area contributed by atoms with Gasteiger partial charge in [0.2, 0.25) is 5.89 Å². The number of hydrogen-bond acceptors (Lipinski definition) is 5. The van der Waals surface area contributed by atoms with Gasteiger partial charge in [0.05, 0.1) is 6.54 Å². The van der Waals surface area contributed by atoms with Gasteiger partial charge in [0.1, 0.15) is 0 Å². The average Bonchev–Trinajstić information content (AvgIpc) is 2.80. The molecule has 0 aliphatic heterocycles. The third kappa shape index (κ3) is 5.77. The lowest BCUT2D eigenvalue weighted by molar-refractivity contribution is -0.137. The molecule has 1 aromatic rings. The largest absolute Gasteiger partial charge is 0.481 e. The first kappa shape index (κ1) is 14.6. The van der Waals surface area contributed by atoms with E-state index in [4.69, 9.17) is 9.63 Å². The molecule has 6 nitrogen and oxygen atoms in total. The zero-order valence-corrected chi connectivity index (χ0v) is 11.0. The van der Waals surface area contributed by atoms with Crippen molar-refractivity contribution in [2.24, 2.45) is 5.92 Å². The standard InChI is InChI=1S/C12H21N3O3/c1-3-11-14-10(15-18-11)8-13-7-6-9(2)4-5-12(16)17/h9,13H,3-8H2,1-2H3,(H,16,17). The zero-order valence-electron chi connectivity index (χ0n) is 11.0. The van der Waals surface area contributed by atoms with Gasteiger partial charge >= 0.3 is 5.97 Å². The number of nitrogens with zero attached hydrogens (tertiary/aromatic N) is 2. The van der Waals surface area contributed by atoms with E-state index in [1.165, 1.54) is 0 Å². The fourth-order valence-corrected chi connectivity index (χ4v) is 1.57. The summed E-state index contributed by atoms with van der Waals surface area (Å²) in [7, 11) is 0. The monoisotopic (exact) mass is 255 g/mol. The summed E-state index contributed by atoms with van der Waals surface area (Å²) in [6.45, 7) is 5.45. The lowest BCUT2D eigenvalue weighted by Gasteiger charge is -2.09. The number of nitrogens with one attached hydrogen (secondary N) is 1. The Morgan fingerprint density at radius 1 is 1.50 bits per heavy atom. The molecule has 0 aromatic carbocycles. The summed E-state index contributed by atoms with van der Waals surface area (Å²) in [6.07, 6.45) is 2.66. The van der Waals surface area contributed by atoms with Gasteiger partial charge in [-0.25, -0.2) is 0 Å². The van der Waals surface area contributed by atoms with Crippen LogP contribution in [0.1, 0.15) is 44.8 Å². The van der Waals surface area contributed by atoms with E-state index < -0.39 is 5.97 Å². The SMILES string of the molecule is CCc1nc(CNCCC(C)CCC(=O)O)no1. The predicted octanol–water partition coefficient (Wildman–Crippen LogP) is 1.61. The van der Waals surface area contributed by atoms with Gasteiger partial charge in [-0.1, -0.05) is 19.0 Å². The summed E-state index contributed by atoms with van der Waals surface area (Å²) in [5.74, 6) is 1.01. The molecule has 0 spiro atoms. The number of aryl methyl sites for hydroxylation is 1. The average molecular weight is 255 g/mol. The fourth-order valence-electron chi connectivity index (χ4n) is 1.57. The van der Waals surface area contributed by atoms with Gasteiger partial charge in [-0.05, 0) is 25.3 Å². The van der Waals surface area contributed by atoms with Crippen molar-refractivity contribution in [3.63, 3.8) is 0 Å². The van der Waals surface area contributed by atoms with E-state index >= 15 is 0 Å². The van der Waals surface area contributed by atoms with Crippen LogP contribution in [0.15, 0.2) is 4.52 Å². The van der Waals surface area contributed by atoms with Crippen molar-refractivity contribution < 1.29 is 14.4 Å². The Morgan fingerprint density at radius 3 is 2.89 bits per heavy atom. The molecule has 18 heavy (non-hydrogen) atoms. The molecule has 0 aliphatic carbocycles. The molecule has 0 saturated carbocycles. The summed E-state index contributed by atoms with van der Waals surface area (Å²) < 4.78 is 4.99. The highest BCUT2D eigenvalue weighted by Gasteiger charge is 2.06. The molecule has 1 rings (SSSR count). The van der Waals surface area contributed by atoms with Crippen molar-refractivity contribution >= 4 is 5.97 Å². The molecular weight excluding hydrogens is 234 g/mol. The second kappa shape index (κ2) is 7.81. The van der Waals surface area contributed by atoms with Gasteiger partial charge in [-0.15, -0.1) is 0 Å². The van der Waals surface area contributed by atoms with Crippen LogP contribution >= 0.6 is 0 Å². The molecule has 6 heteroatoms. The summed E-state index contributed by atoms with van der Waals surface area (Å²) in [4.78, 5) is 14.6. The lowest BCUT2D eigenvalue weighted by Crippen LogP contribution is -2.18. The maximum atomic E-state index is 10.4. The minimum absolute atomic E-state index is 0.242. The van der Waals surface area contributed by atoms with Crippen molar-refractivity contribution in [2.45, 2.75) is 46.1 Å². The third-order valence-corrected chi connectivity index (χ3v) is 2.76. The van der Waals surface area contributed by atoms with E-state index in [9.17, 15) is 4.79 Å². The molecule has 0 bridgehead atoms. The number of carboxylic acid groups (broad SMARTS) is 1. The highest BCUT2D eigenvalue weighted by Crippen LogP contribution is 2.09. The molecule has 0 aliphatic rings. The van der Waals surface area contributed by atoms with Crippen molar-refractivity contribution in [3.8, 4) is 0 Å². The van der Waals surface area contributed by atoms with E-state index in [0.717, 1.165) is 25.8 Å². The summed E-state index contributed by atoms with van der Waals surface area (Å²) in [5, 5.41) is 15.6. The van der Waals surface area contributed by atoms with Gasteiger partial charge < -0.3 is 14.9 Å². The third-order valence-electron chi connectivity index (χ3n) is 2.76. The van der Waals surface area contributed by atoms with Crippen LogP contribution in [0.25, 0.3) is 0 Å². The minimum Gasteiger partial charge on any atom is -0.481 e. The van der Waals surface area contributed by atoms with Crippen LogP contribution in [0.2, 0.25) is 0 Å². The lowest BCUT2D eigenvalue weighted by atomic mass is 10.0. The van der Waals surface area contributed by atoms with Crippen LogP contribution in [-0.2, 0) is 17.8 Å². The van der Waals surface area contributed by atoms with E-state index in [2.05, 4.69) is 22.4 Å². The van der Waals surface area contributed by atoms with Gasteiger partial charge in [0, 0.05) is 12.8 Å². The van der Waals surface area contributed by atoms with Crippen LogP contribution in [0.4, 0.5) is 0 Å². The van der Waals surface area contributed by atoms with E-state index in [0.29, 0.717) is 24.2 Å². The first-order valence-electron chi connectivity index (χ1n) is 6.35. The molecule has 0 radical (unpaired) electrons. The summed E-state index contributed by atoms with van der Waals surface area (Å²) in [6, 6.07) is 0. The Balaban J connectivity index is 2.09. The van der Waals surface area contributed by atoms with Crippen LogP contribution in [0.3, 0.4) is 0 Å². The van der Waals surface area contributed by atoms with Gasteiger partial charge in [-0.3, -0.25) is 4.79 Å². The summed E-state index contributed by atoms with van der Waals surface area (Å²) in [5.41, 5.74) is 0. The predicted molar refractivity (Wildman–Crippen MR) is 66.0 cm³/mol. The second-order valence-corrected chi connectivity index (χ2v) is 4.46. The topological polar surface area (TPSA) is 88.2 Å². The Kier molecular flexibility index (Phi) is 6.35. The molecule has 1 aromatic heterocycles. The zero-order chi connectivity index (χ0) is 13.4. The van der Waals surface area contributed by atoms with Crippen LogP contribution in [0, 0.1) is 5.92 Å². The van der Waals surface area contributed by atoms with Crippen molar-refractivity contribution in [2.75, 3.05) is 6.54 Å². The fraction of sp³-hybridized carbons (Fsp3) is 0.750. The number of carboxylic acids is 1. The van der Waals surface area contributed by atoms with Gasteiger partial charge in [0.15, 0.2) is 5.82 Å². The molecule has 2 N–H and O–H groups in total. The molecule has 1 atom stereocenters. The Bertz CT molecular complexity index is 365. The van der Waals surface area contributed by atoms with E-state index in [-0.39, 0.29) is 6.42 Å². The molecule has 1 heterocycles. The minimum atomic E-state index is -0.728. The molecule has 1 unspecified atom stereocenters. The number of aliphatic carboxylic acids is 1. The van der Waals surface area contributed by atoms with Gasteiger partial charge in [-0.2, -0.15) is 4.98 Å². The first-order valence-corrected chi connectivity index (χ1v) is 6.35. The number of hydrogen-bond donors (Lipinski definition) is 2. The number of aromatic nitrogens is 2. The van der Waals surface area contributed by atoms with Crippen LogP contribution in [0.5, 0.6) is 0 Å². The smallest absolute Gasteiger partial charge is 0.303 e. The first-order chi connectivity index (χ1) is 8.61. The van der Waals surface area contributed by atoms with E-state index in [1.807, 2.05) is 6.92 Å². The molecule has 0 amide bonds. The van der Waals surface area contributed by atoms with Crippen molar-refractivity contribution in [1.82, 2.24) is 15.5 Å².